The highest BCUT2D eigenvalue weighted by Gasteiger charge is 2.29. The fourth-order valence-corrected chi connectivity index (χ4v) is 4.24. The van der Waals surface area contributed by atoms with Crippen molar-refractivity contribution in [3.63, 3.8) is 0 Å². The molecule has 1 aliphatic rings. The van der Waals surface area contributed by atoms with Crippen molar-refractivity contribution < 1.29 is 13.2 Å². The van der Waals surface area contributed by atoms with E-state index >= 15 is 0 Å². The Bertz CT molecular complexity index is 716. The van der Waals surface area contributed by atoms with Gasteiger partial charge in [0.05, 0.1) is 18.5 Å². The molecule has 0 amide bonds. The van der Waals surface area contributed by atoms with Crippen LogP contribution in [0.3, 0.4) is 0 Å². The van der Waals surface area contributed by atoms with E-state index in [2.05, 4.69) is 0 Å². The Kier molecular flexibility index (Phi) is 5.10. The molecule has 5 heteroatoms. The minimum atomic E-state index is -3.27. The summed E-state index contributed by atoms with van der Waals surface area (Å²) in [6.45, 7) is 1.26. The zero-order chi connectivity index (χ0) is 16.1. The molecule has 1 heterocycles. The average molecular weight is 331 g/mol. The molecule has 0 saturated carbocycles. The van der Waals surface area contributed by atoms with Crippen LogP contribution in [0.2, 0.25) is 0 Å². The summed E-state index contributed by atoms with van der Waals surface area (Å²) >= 11 is 0. The van der Waals surface area contributed by atoms with E-state index in [-0.39, 0.29) is 11.9 Å². The maximum atomic E-state index is 12.6. The first kappa shape index (κ1) is 16.2. The maximum Gasteiger partial charge on any atom is 0.214 e. The molecule has 2 aromatic carbocycles. The van der Waals surface area contributed by atoms with Gasteiger partial charge in [0, 0.05) is 13.1 Å². The standard InChI is InChI=1S/C18H21NO3S/c20-23(21,14-11-16-7-3-1-4-8-16)19-12-13-22-18(15-19)17-9-5-2-6-10-17/h1-10,18H,11-15H2. The van der Waals surface area contributed by atoms with Gasteiger partial charge < -0.3 is 4.74 Å². The number of ether oxygens (including phenoxy) is 1. The zero-order valence-corrected chi connectivity index (χ0v) is 13.8. The molecule has 1 atom stereocenters. The summed E-state index contributed by atoms with van der Waals surface area (Å²) in [5, 5.41) is 0. The summed E-state index contributed by atoms with van der Waals surface area (Å²) < 4.78 is 32.5. The van der Waals surface area contributed by atoms with Crippen LogP contribution in [0.1, 0.15) is 17.2 Å². The third-order valence-corrected chi connectivity index (χ3v) is 5.92. The van der Waals surface area contributed by atoms with Crippen molar-refractivity contribution in [3.05, 3.63) is 71.8 Å². The van der Waals surface area contributed by atoms with E-state index in [0.29, 0.717) is 26.1 Å². The normalized spacial score (nSPS) is 19.6. The molecule has 0 spiro atoms. The minimum Gasteiger partial charge on any atom is -0.371 e. The maximum absolute atomic E-state index is 12.6. The Morgan fingerprint density at radius 1 is 1.00 bits per heavy atom. The van der Waals surface area contributed by atoms with Crippen LogP contribution in [0.25, 0.3) is 0 Å². The van der Waals surface area contributed by atoms with Crippen molar-refractivity contribution in [1.29, 1.82) is 0 Å². The number of benzene rings is 2. The topological polar surface area (TPSA) is 46.6 Å². The number of rotatable bonds is 5. The lowest BCUT2D eigenvalue weighted by molar-refractivity contribution is -0.00253. The zero-order valence-electron chi connectivity index (χ0n) is 13.0. The Morgan fingerprint density at radius 2 is 1.65 bits per heavy atom. The Balaban J connectivity index is 1.65. The van der Waals surface area contributed by atoms with E-state index in [1.165, 1.54) is 0 Å². The number of morpholine rings is 1. The highest BCUT2D eigenvalue weighted by molar-refractivity contribution is 7.89. The first-order valence-electron chi connectivity index (χ1n) is 7.83. The predicted octanol–water partition coefficient (Wildman–Crippen LogP) is 2.63. The summed E-state index contributed by atoms with van der Waals surface area (Å²) in [5.41, 5.74) is 2.07. The molecule has 0 radical (unpaired) electrons. The van der Waals surface area contributed by atoms with Crippen LogP contribution in [-0.2, 0) is 21.2 Å². The lowest BCUT2D eigenvalue weighted by Crippen LogP contribution is -2.43. The number of sulfonamides is 1. The summed E-state index contributed by atoms with van der Waals surface area (Å²) in [6, 6.07) is 19.5. The van der Waals surface area contributed by atoms with Crippen LogP contribution in [0.15, 0.2) is 60.7 Å². The molecule has 4 nitrogen and oxygen atoms in total. The Hall–Kier alpha value is -1.69. The smallest absolute Gasteiger partial charge is 0.214 e. The van der Waals surface area contributed by atoms with Gasteiger partial charge in [0.25, 0.3) is 0 Å². The van der Waals surface area contributed by atoms with Crippen LogP contribution in [0, 0.1) is 0 Å². The predicted molar refractivity (Wildman–Crippen MR) is 90.6 cm³/mol. The van der Waals surface area contributed by atoms with E-state index in [4.69, 9.17) is 4.74 Å². The molecule has 1 aliphatic heterocycles. The molecule has 122 valence electrons. The van der Waals surface area contributed by atoms with E-state index in [9.17, 15) is 8.42 Å². The second-order valence-corrected chi connectivity index (χ2v) is 7.77. The van der Waals surface area contributed by atoms with Crippen molar-refractivity contribution in [2.75, 3.05) is 25.4 Å². The van der Waals surface area contributed by atoms with Gasteiger partial charge in [-0.3, -0.25) is 0 Å². The van der Waals surface area contributed by atoms with Crippen LogP contribution < -0.4 is 0 Å². The first-order valence-corrected chi connectivity index (χ1v) is 9.44. The molecule has 0 N–H and O–H groups in total. The largest absolute Gasteiger partial charge is 0.371 e. The minimum absolute atomic E-state index is 0.137. The molecule has 0 bridgehead atoms. The highest BCUT2D eigenvalue weighted by atomic mass is 32.2. The summed E-state index contributed by atoms with van der Waals surface area (Å²) in [6.07, 6.45) is 0.354. The molecular formula is C18H21NO3S. The number of nitrogens with zero attached hydrogens (tertiary/aromatic N) is 1. The molecule has 2 aromatic rings. The SMILES string of the molecule is O=S(=O)(CCc1ccccc1)N1CCOC(c2ccccc2)C1. The van der Waals surface area contributed by atoms with Gasteiger partial charge in [-0.2, -0.15) is 4.31 Å². The van der Waals surface area contributed by atoms with Crippen LogP contribution >= 0.6 is 0 Å². The van der Waals surface area contributed by atoms with E-state index in [1.807, 2.05) is 60.7 Å². The van der Waals surface area contributed by atoms with Crippen molar-refractivity contribution in [2.45, 2.75) is 12.5 Å². The Labute approximate surface area is 137 Å². The molecule has 1 fully saturated rings. The van der Waals surface area contributed by atoms with Crippen molar-refractivity contribution in [1.82, 2.24) is 4.31 Å². The lowest BCUT2D eigenvalue weighted by Gasteiger charge is -2.32. The van der Waals surface area contributed by atoms with Crippen LogP contribution in [0.4, 0.5) is 0 Å². The van der Waals surface area contributed by atoms with E-state index in [1.54, 1.807) is 4.31 Å². The van der Waals surface area contributed by atoms with Crippen molar-refractivity contribution in [3.8, 4) is 0 Å². The fourth-order valence-electron chi connectivity index (χ4n) is 2.77. The number of aryl methyl sites for hydroxylation is 1. The summed E-state index contributed by atoms with van der Waals surface area (Å²) in [5.74, 6) is 0.137. The van der Waals surface area contributed by atoms with Gasteiger partial charge in [-0.25, -0.2) is 8.42 Å². The molecule has 1 saturated heterocycles. The molecule has 1 unspecified atom stereocenters. The average Bonchev–Trinajstić information content (AvgIpc) is 2.62. The number of hydrogen-bond acceptors (Lipinski definition) is 3. The van der Waals surface area contributed by atoms with Gasteiger partial charge in [-0.05, 0) is 17.5 Å². The third-order valence-electron chi connectivity index (χ3n) is 4.09. The van der Waals surface area contributed by atoms with Gasteiger partial charge >= 0.3 is 0 Å². The summed E-state index contributed by atoms with van der Waals surface area (Å²) in [4.78, 5) is 0. The molecule has 0 aromatic heterocycles. The third kappa shape index (κ3) is 4.19. The van der Waals surface area contributed by atoms with Crippen LogP contribution in [0.5, 0.6) is 0 Å². The quantitative estimate of drug-likeness (QED) is 0.846. The van der Waals surface area contributed by atoms with Gasteiger partial charge in [0.2, 0.25) is 10.0 Å². The van der Waals surface area contributed by atoms with Crippen LogP contribution in [-0.4, -0.2) is 38.2 Å². The van der Waals surface area contributed by atoms with Gasteiger partial charge in [-0.1, -0.05) is 60.7 Å². The van der Waals surface area contributed by atoms with Crippen molar-refractivity contribution in [2.24, 2.45) is 0 Å². The highest BCUT2D eigenvalue weighted by Crippen LogP contribution is 2.24. The van der Waals surface area contributed by atoms with E-state index in [0.717, 1.165) is 11.1 Å². The second-order valence-electron chi connectivity index (χ2n) is 5.68. The number of hydrogen-bond donors (Lipinski definition) is 0. The second kappa shape index (κ2) is 7.25. The molecule has 0 aliphatic carbocycles. The molecular weight excluding hydrogens is 310 g/mol. The van der Waals surface area contributed by atoms with E-state index < -0.39 is 10.0 Å². The molecule has 3 rings (SSSR count). The Morgan fingerprint density at radius 3 is 2.35 bits per heavy atom. The fraction of sp³-hybridized carbons (Fsp3) is 0.333. The van der Waals surface area contributed by atoms with Gasteiger partial charge in [0.15, 0.2) is 0 Å². The summed E-state index contributed by atoms with van der Waals surface area (Å²) in [7, 11) is -3.27. The van der Waals surface area contributed by atoms with Gasteiger partial charge in [0.1, 0.15) is 0 Å². The monoisotopic (exact) mass is 331 g/mol. The molecule has 23 heavy (non-hydrogen) atoms. The van der Waals surface area contributed by atoms with Crippen molar-refractivity contribution >= 4 is 10.0 Å². The van der Waals surface area contributed by atoms with Gasteiger partial charge in [-0.15, -0.1) is 0 Å². The first-order chi connectivity index (χ1) is 11.1. The lowest BCUT2D eigenvalue weighted by atomic mass is 10.1.